The number of primary sulfonamides is 1. The lowest BCUT2D eigenvalue weighted by Gasteiger charge is -2.07. The first-order valence-electron chi connectivity index (χ1n) is 6.26. The van der Waals surface area contributed by atoms with Gasteiger partial charge >= 0.3 is 0 Å². The second-order valence-electron chi connectivity index (χ2n) is 4.32. The number of hydrogen-bond acceptors (Lipinski definition) is 3. The summed E-state index contributed by atoms with van der Waals surface area (Å²) in [7, 11) is -3.77. The van der Waals surface area contributed by atoms with E-state index in [1.807, 2.05) is 30.5 Å². The van der Waals surface area contributed by atoms with Crippen LogP contribution >= 0.6 is 0 Å². The molecule has 1 aromatic carbocycles. The molecule has 0 spiro atoms. The van der Waals surface area contributed by atoms with Gasteiger partial charge in [0.2, 0.25) is 10.0 Å². The lowest BCUT2D eigenvalue weighted by Crippen LogP contribution is -2.12. The Bertz CT molecular complexity index is 689. The molecule has 0 aliphatic rings. The molecule has 0 saturated carbocycles. The summed E-state index contributed by atoms with van der Waals surface area (Å²) in [6.07, 6.45) is 2.50. The lowest BCUT2D eigenvalue weighted by atomic mass is 10.2. The molecule has 0 aliphatic carbocycles. The van der Waals surface area contributed by atoms with Crippen molar-refractivity contribution in [2.75, 3.05) is 6.61 Å². The van der Waals surface area contributed by atoms with Crippen LogP contribution in [0.1, 0.15) is 20.3 Å². The third-order valence-corrected chi connectivity index (χ3v) is 3.83. The summed E-state index contributed by atoms with van der Waals surface area (Å²) in [5, 5.41) is 5.87. The van der Waals surface area contributed by atoms with Gasteiger partial charge in [-0.05, 0) is 25.5 Å². The van der Waals surface area contributed by atoms with Crippen molar-refractivity contribution in [3.05, 3.63) is 24.4 Å². The van der Waals surface area contributed by atoms with Crippen molar-refractivity contribution in [2.24, 2.45) is 5.14 Å². The molecule has 0 fully saturated rings. The van der Waals surface area contributed by atoms with E-state index in [-0.39, 0.29) is 4.90 Å². The van der Waals surface area contributed by atoms with Crippen LogP contribution in [0.5, 0.6) is 5.75 Å². The summed E-state index contributed by atoms with van der Waals surface area (Å²) in [6, 6.07) is 5.49. The highest BCUT2D eigenvalue weighted by Crippen LogP contribution is 2.33. The Morgan fingerprint density at radius 2 is 2.05 bits per heavy atom. The van der Waals surface area contributed by atoms with E-state index in [0.29, 0.717) is 17.7 Å². The predicted molar refractivity (Wildman–Crippen MR) is 74.8 cm³/mol. The molecule has 0 bridgehead atoms. The van der Waals surface area contributed by atoms with Gasteiger partial charge in [-0.3, -0.25) is 0 Å². The first-order chi connectivity index (χ1) is 8.99. The zero-order valence-corrected chi connectivity index (χ0v) is 11.9. The predicted octanol–water partition coefficient (Wildman–Crippen LogP) is 2.10. The normalized spacial score (nSPS) is 11.9. The molecule has 0 unspecified atom stereocenters. The third kappa shape index (κ3) is 2.59. The van der Waals surface area contributed by atoms with Crippen LogP contribution < -0.4 is 9.88 Å². The minimum absolute atomic E-state index is 0.125. The van der Waals surface area contributed by atoms with E-state index in [0.717, 1.165) is 18.5 Å². The second kappa shape index (κ2) is 5.22. The average molecular weight is 282 g/mol. The number of fused-ring (bicyclic) bond motifs is 1. The maximum atomic E-state index is 11.7. The molecule has 0 amide bonds. The van der Waals surface area contributed by atoms with Crippen molar-refractivity contribution in [1.29, 1.82) is 0 Å². The van der Waals surface area contributed by atoms with E-state index < -0.39 is 10.0 Å². The van der Waals surface area contributed by atoms with Crippen molar-refractivity contribution in [3.8, 4) is 5.75 Å². The summed E-state index contributed by atoms with van der Waals surface area (Å²) < 4.78 is 30.9. The van der Waals surface area contributed by atoms with Crippen LogP contribution in [0.2, 0.25) is 0 Å². The number of ether oxygens (including phenoxy) is 1. The maximum Gasteiger partial charge on any atom is 0.240 e. The molecule has 2 rings (SSSR count). The first kappa shape index (κ1) is 13.9. The second-order valence-corrected chi connectivity index (χ2v) is 5.84. The molecule has 5 nitrogen and oxygen atoms in total. The fraction of sp³-hybridized carbons (Fsp3) is 0.385. The molecule has 0 aliphatic heterocycles. The van der Waals surface area contributed by atoms with E-state index in [2.05, 4.69) is 0 Å². The number of hydrogen-bond donors (Lipinski definition) is 1. The average Bonchev–Trinajstić information content (AvgIpc) is 2.70. The Morgan fingerprint density at radius 1 is 1.32 bits per heavy atom. The minimum Gasteiger partial charge on any atom is -0.493 e. The number of nitrogens with zero attached hydrogens (tertiary/aromatic N) is 1. The van der Waals surface area contributed by atoms with Crippen LogP contribution in [-0.4, -0.2) is 19.6 Å². The van der Waals surface area contributed by atoms with Gasteiger partial charge in [0.05, 0.1) is 17.5 Å². The number of sulfonamides is 1. The molecule has 0 saturated heterocycles. The molecule has 1 heterocycles. The molecule has 0 atom stereocenters. The molecule has 0 radical (unpaired) electrons. The first-order valence-corrected chi connectivity index (χ1v) is 7.81. The standard InChI is InChI=1S/C13H18N2O3S/c1-3-8-15-9-12(19(14,16)17)13-10(15)6-5-7-11(13)18-4-2/h5-7,9H,3-4,8H2,1-2H3,(H2,14,16,17). The molecular weight excluding hydrogens is 264 g/mol. The fourth-order valence-electron chi connectivity index (χ4n) is 2.20. The minimum atomic E-state index is -3.77. The Morgan fingerprint density at radius 3 is 2.63 bits per heavy atom. The fourth-order valence-corrected chi connectivity index (χ4v) is 2.96. The van der Waals surface area contributed by atoms with Gasteiger partial charge in [0, 0.05) is 12.7 Å². The number of nitrogens with two attached hydrogens (primary N) is 1. The summed E-state index contributed by atoms with van der Waals surface area (Å²) in [6.45, 7) is 5.11. The van der Waals surface area contributed by atoms with Crippen molar-refractivity contribution in [3.63, 3.8) is 0 Å². The quantitative estimate of drug-likeness (QED) is 0.912. The van der Waals surface area contributed by atoms with Gasteiger partial charge in [-0.25, -0.2) is 13.6 Å². The van der Waals surface area contributed by atoms with Gasteiger partial charge in [0.15, 0.2) is 0 Å². The topological polar surface area (TPSA) is 74.3 Å². The zero-order chi connectivity index (χ0) is 14.0. The van der Waals surface area contributed by atoms with E-state index in [1.54, 1.807) is 12.3 Å². The molecular formula is C13H18N2O3S. The molecule has 104 valence electrons. The molecule has 2 N–H and O–H groups in total. The van der Waals surface area contributed by atoms with Crippen molar-refractivity contribution in [2.45, 2.75) is 31.7 Å². The maximum absolute atomic E-state index is 11.7. The van der Waals surface area contributed by atoms with Crippen LogP contribution in [0.25, 0.3) is 10.9 Å². The van der Waals surface area contributed by atoms with Crippen LogP contribution in [-0.2, 0) is 16.6 Å². The van der Waals surface area contributed by atoms with Crippen molar-refractivity contribution >= 4 is 20.9 Å². The van der Waals surface area contributed by atoms with Gasteiger partial charge in [0.25, 0.3) is 0 Å². The van der Waals surface area contributed by atoms with Gasteiger partial charge in [0.1, 0.15) is 10.6 Å². The van der Waals surface area contributed by atoms with E-state index in [1.165, 1.54) is 0 Å². The zero-order valence-electron chi connectivity index (χ0n) is 11.1. The Kier molecular flexibility index (Phi) is 3.82. The summed E-state index contributed by atoms with van der Waals surface area (Å²) in [5.74, 6) is 0.555. The van der Waals surface area contributed by atoms with E-state index in [4.69, 9.17) is 9.88 Å². The van der Waals surface area contributed by atoms with Crippen LogP contribution in [0.4, 0.5) is 0 Å². The van der Waals surface area contributed by atoms with Crippen molar-refractivity contribution in [1.82, 2.24) is 4.57 Å². The Labute approximate surface area is 113 Å². The van der Waals surface area contributed by atoms with Crippen LogP contribution in [0.3, 0.4) is 0 Å². The smallest absolute Gasteiger partial charge is 0.240 e. The summed E-state index contributed by atoms with van der Waals surface area (Å²) >= 11 is 0. The van der Waals surface area contributed by atoms with Crippen LogP contribution in [0.15, 0.2) is 29.3 Å². The molecule has 1 aromatic heterocycles. The van der Waals surface area contributed by atoms with E-state index >= 15 is 0 Å². The number of rotatable bonds is 5. The van der Waals surface area contributed by atoms with Crippen LogP contribution in [0, 0.1) is 0 Å². The molecule has 2 aromatic rings. The monoisotopic (exact) mass is 282 g/mol. The Hall–Kier alpha value is -1.53. The highest BCUT2D eigenvalue weighted by molar-refractivity contribution is 7.89. The number of benzene rings is 1. The van der Waals surface area contributed by atoms with Gasteiger partial charge in [-0.2, -0.15) is 0 Å². The van der Waals surface area contributed by atoms with Gasteiger partial charge in [-0.1, -0.05) is 13.0 Å². The summed E-state index contributed by atoms with van der Waals surface area (Å²) in [5.41, 5.74) is 0.830. The number of aromatic nitrogens is 1. The SMILES string of the molecule is CCCn1cc(S(N)(=O)=O)c2c(OCC)cccc21. The highest BCUT2D eigenvalue weighted by Gasteiger charge is 2.20. The third-order valence-electron chi connectivity index (χ3n) is 2.90. The van der Waals surface area contributed by atoms with Crippen molar-refractivity contribution < 1.29 is 13.2 Å². The van der Waals surface area contributed by atoms with Gasteiger partial charge < -0.3 is 9.30 Å². The largest absolute Gasteiger partial charge is 0.493 e. The molecule has 6 heteroatoms. The van der Waals surface area contributed by atoms with Gasteiger partial charge in [-0.15, -0.1) is 0 Å². The summed E-state index contributed by atoms with van der Waals surface area (Å²) in [4.78, 5) is 0.125. The lowest BCUT2D eigenvalue weighted by molar-refractivity contribution is 0.344. The van der Waals surface area contributed by atoms with E-state index in [9.17, 15) is 8.42 Å². The number of aryl methyl sites for hydroxylation is 1. The molecule has 19 heavy (non-hydrogen) atoms. The highest BCUT2D eigenvalue weighted by atomic mass is 32.2. The Balaban J connectivity index is 2.80.